The average Bonchev–Trinajstić information content (AvgIpc) is 2.45. The standard InChI is InChI=1S/C15H20N2O5/c1-4-15(5-2,9-13(18)19)16-14(20)11-6-7-12(17(21)22)10(3)8-11/h6-8H,4-5,9H2,1-3H3,(H,16,20)(H,18,19). The third-order valence-corrected chi connectivity index (χ3v) is 3.88. The second-order valence-electron chi connectivity index (χ2n) is 5.27. The van der Waals surface area contributed by atoms with Crippen LogP contribution in [0.5, 0.6) is 0 Å². The van der Waals surface area contributed by atoms with Crippen molar-refractivity contribution in [3.63, 3.8) is 0 Å². The molecule has 22 heavy (non-hydrogen) atoms. The first-order chi connectivity index (χ1) is 10.2. The molecule has 0 aliphatic rings. The van der Waals surface area contributed by atoms with E-state index in [-0.39, 0.29) is 17.7 Å². The first-order valence-electron chi connectivity index (χ1n) is 7.04. The van der Waals surface area contributed by atoms with E-state index in [1.54, 1.807) is 6.92 Å². The molecule has 0 aliphatic carbocycles. The summed E-state index contributed by atoms with van der Waals surface area (Å²) in [5, 5.41) is 22.6. The number of nitro benzene ring substituents is 1. The molecule has 0 saturated carbocycles. The summed E-state index contributed by atoms with van der Waals surface area (Å²) in [5.74, 6) is -1.41. The molecule has 1 amide bonds. The normalized spacial score (nSPS) is 11.0. The van der Waals surface area contributed by atoms with Gasteiger partial charge in [-0.25, -0.2) is 0 Å². The van der Waals surface area contributed by atoms with E-state index in [4.69, 9.17) is 5.11 Å². The van der Waals surface area contributed by atoms with Crippen LogP contribution in [0.2, 0.25) is 0 Å². The number of carboxylic acids is 1. The lowest BCUT2D eigenvalue weighted by atomic mass is 9.88. The van der Waals surface area contributed by atoms with E-state index in [0.29, 0.717) is 18.4 Å². The van der Waals surface area contributed by atoms with Crippen molar-refractivity contribution in [1.29, 1.82) is 0 Å². The molecule has 0 bridgehead atoms. The van der Waals surface area contributed by atoms with Crippen molar-refractivity contribution in [1.82, 2.24) is 5.32 Å². The van der Waals surface area contributed by atoms with Gasteiger partial charge in [-0.15, -0.1) is 0 Å². The van der Waals surface area contributed by atoms with Crippen molar-refractivity contribution >= 4 is 17.6 Å². The number of nitrogens with zero attached hydrogens (tertiary/aromatic N) is 1. The highest BCUT2D eigenvalue weighted by atomic mass is 16.6. The van der Waals surface area contributed by atoms with Crippen molar-refractivity contribution in [3.05, 3.63) is 39.4 Å². The minimum atomic E-state index is -0.983. The van der Waals surface area contributed by atoms with Crippen LogP contribution in [-0.2, 0) is 4.79 Å². The van der Waals surface area contributed by atoms with Crippen molar-refractivity contribution in [2.45, 2.75) is 45.6 Å². The molecule has 1 aromatic carbocycles. The van der Waals surface area contributed by atoms with Crippen molar-refractivity contribution < 1.29 is 19.6 Å². The van der Waals surface area contributed by atoms with Gasteiger partial charge in [-0.1, -0.05) is 13.8 Å². The van der Waals surface area contributed by atoms with Crippen LogP contribution in [0, 0.1) is 17.0 Å². The molecule has 0 spiro atoms. The van der Waals surface area contributed by atoms with Gasteiger partial charge in [0, 0.05) is 17.2 Å². The molecule has 1 rings (SSSR count). The number of benzene rings is 1. The highest BCUT2D eigenvalue weighted by molar-refractivity contribution is 5.95. The molecule has 0 aliphatic heterocycles. The molecule has 0 heterocycles. The Bertz CT molecular complexity index is 594. The molecule has 0 fully saturated rings. The molecular formula is C15H20N2O5. The van der Waals surface area contributed by atoms with Crippen LogP contribution in [-0.4, -0.2) is 27.4 Å². The summed E-state index contributed by atoms with van der Waals surface area (Å²) in [4.78, 5) is 33.6. The topological polar surface area (TPSA) is 110 Å². The number of aliphatic carboxylic acids is 1. The van der Waals surface area contributed by atoms with Gasteiger partial charge in [0.15, 0.2) is 0 Å². The quantitative estimate of drug-likeness (QED) is 0.594. The number of aryl methyl sites for hydroxylation is 1. The Labute approximate surface area is 128 Å². The Morgan fingerprint density at radius 1 is 1.32 bits per heavy atom. The third kappa shape index (κ3) is 4.03. The number of rotatable bonds is 7. The summed E-state index contributed by atoms with van der Waals surface area (Å²) >= 11 is 0. The van der Waals surface area contributed by atoms with E-state index < -0.39 is 22.3 Å². The number of carbonyl (C=O) groups excluding carboxylic acids is 1. The molecular weight excluding hydrogens is 288 g/mol. The molecule has 0 aromatic heterocycles. The monoisotopic (exact) mass is 308 g/mol. The van der Waals surface area contributed by atoms with Gasteiger partial charge >= 0.3 is 5.97 Å². The Morgan fingerprint density at radius 2 is 1.91 bits per heavy atom. The van der Waals surface area contributed by atoms with Crippen LogP contribution in [0.1, 0.15) is 49.0 Å². The number of nitrogens with one attached hydrogen (secondary N) is 1. The van der Waals surface area contributed by atoms with Crippen LogP contribution in [0.25, 0.3) is 0 Å². The molecule has 0 radical (unpaired) electrons. The zero-order chi connectivity index (χ0) is 16.9. The largest absolute Gasteiger partial charge is 0.481 e. The molecule has 0 saturated heterocycles. The van der Waals surface area contributed by atoms with Crippen molar-refractivity contribution in [2.75, 3.05) is 0 Å². The summed E-state index contributed by atoms with van der Waals surface area (Å²) in [6.45, 7) is 5.18. The van der Waals surface area contributed by atoms with Crippen molar-refractivity contribution in [2.24, 2.45) is 0 Å². The van der Waals surface area contributed by atoms with Gasteiger partial charge in [0.2, 0.25) is 0 Å². The van der Waals surface area contributed by atoms with E-state index >= 15 is 0 Å². The summed E-state index contributed by atoms with van der Waals surface area (Å²) in [5.41, 5.74) is -0.216. The smallest absolute Gasteiger partial charge is 0.305 e. The summed E-state index contributed by atoms with van der Waals surface area (Å²) in [6, 6.07) is 4.09. The van der Waals surface area contributed by atoms with Crippen LogP contribution >= 0.6 is 0 Å². The average molecular weight is 308 g/mol. The van der Waals surface area contributed by atoms with Crippen LogP contribution in [0.15, 0.2) is 18.2 Å². The lowest BCUT2D eigenvalue weighted by Crippen LogP contribution is -2.49. The zero-order valence-corrected chi connectivity index (χ0v) is 12.9. The molecule has 0 unspecified atom stereocenters. The number of carboxylic acid groups (broad SMARTS) is 1. The zero-order valence-electron chi connectivity index (χ0n) is 12.9. The third-order valence-electron chi connectivity index (χ3n) is 3.88. The Kier molecular flexibility index (Phi) is 5.62. The Balaban J connectivity index is 3.02. The molecule has 7 nitrogen and oxygen atoms in total. The van der Waals surface area contributed by atoms with E-state index in [9.17, 15) is 19.7 Å². The molecule has 1 aromatic rings. The molecule has 2 N–H and O–H groups in total. The van der Waals surface area contributed by atoms with Gasteiger partial charge in [0.1, 0.15) is 0 Å². The van der Waals surface area contributed by atoms with E-state index in [2.05, 4.69) is 5.32 Å². The number of carbonyl (C=O) groups is 2. The first-order valence-corrected chi connectivity index (χ1v) is 7.04. The number of amides is 1. The summed E-state index contributed by atoms with van der Waals surface area (Å²) in [7, 11) is 0. The fourth-order valence-corrected chi connectivity index (χ4v) is 2.33. The van der Waals surface area contributed by atoms with Gasteiger partial charge in [0.25, 0.3) is 11.6 Å². The van der Waals surface area contributed by atoms with Gasteiger partial charge < -0.3 is 10.4 Å². The lowest BCUT2D eigenvalue weighted by Gasteiger charge is -2.31. The maximum atomic E-state index is 12.3. The predicted octanol–water partition coefficient (Wildman–Crippen LogP) is 2.67. The lowest BCUT2D eigenvalue weighted by molar-refractivity contribution is -0.385. The number of hydrogen-bond acceptors (Lipinski definition) is 4. The highest BCUT2D eigenvalue weighted by Gasteiger charge is 2.31. The minimum absolute atomic E-state index is 0.0562. The van der Waals surface area contributed by atoms with E-state index in [1.165, 1.54) is 18.2 Å². The van der Waals surface area contributed by atoms with Gasteiger partial charge in [-0.2, -0.15) is 0 Å². The van der Waals surface area contributed by atoms with Gasteiger partial charge in [-0.05, 0) is 31.9 Å². The number of hydrogen-bond donors (Lipinski definition) is 2. The second-order valence-corrected chi connectivity index (χ2v) is 5.27. The van der Waals surface area contributed by atoms with Crippen molar-refractivity contribution in [3.8, 4) is 0 Å². The minimum Gasteiger partial charge on any atom is -0.481 e. The van der Waals surface area contributed by atoms with Gasteiger partial charge in [0.05, 0.1) is 16.9 Å². The second kappa shape index (κ2) is 7.02. The Hall–Kier alpha value is -2.44. The van der Waals surface area contributed by atoms with Crippen LogP contribution < -0.4 is 5.32 Å². The fourth-order valence-electron chi connectivity index (χ4n) is 2.33. The highest BCUT2D eigenvalue weighted by Crippen LogP contribution is 2.22. The predicted molar refractivity (Wildman–Crippen MR) is 80.9 cm³/mol. The molecule has 7 heteroatoms. The van der Waals surface area contributed by atoms with E-state index in [0.717, 1.165) is 0 Å². The maximum absolute atomic E-state index is 12.3. The van der Waals surface area contributed by atoms with Gasteiger partial charge in [-0.3, -0.25) is 19.7 Å². The van der Waals surface area contributed by atoms with Crippen LogP contribution in [0.3, 0.4) is 0 Å². The molecule has 0 atom stereocenters. The summed E-state index contributed by atoms with van der Waals surface area (Å²) < 4.78 is 0. The maximum Gasteiger partial charge on any atom is 0.305 e. The Morgan fingerprint density at radius 3 is 2.32 bits per heavy atom. The van der Waals surface area contributed by atoms with Crippen LogP contribution in [0.4, 0.5) is 5.69 Å². The SMILES string of the molecule is CCC(CC)(CC(=O)O)NC(=O)c1ccc([N+](=O)[O-])c(C)c1. The number of nitro groups is 1. The first kappa shape index (κ1) is 17.6. The van der Waals surface area contributed by atoms with E-state index in [1.807, 2.05) is 13.8 Å². The molecule has 120 valence electrons. The summed E-state index contributed by atoms with van der Waals surface area (Å²) in [6.07, 6.45) is 0.790. The fraction of sp³-hybridized carbons (Fsp3) is 0.467.